The van der Waals surface area contributed by atoms with Gasteiger partial charge in [0, 0.05) is 33.4 Å². The minimum Gasteiger partial charge on any atom is -0.604 e. The Hall–Kier alpha value is -1.25. The van der Waals surface area contributed by atoms with Crippen LogP contribution in [-0.2, 0) is 16.8 Å². The third kappa shape index (κ3) is 4.36. The van der Waals surface area contributed by atoms with Crippen LogP contribution in [0, 0.1) is 6.07 Å². The molecule has 0 amide bonds. The lowest BCUT2D eigenvalue weighted by Gasteiger charge is -2.32. The van der Waals surface area contributed by atoms with E-state index >= 15 is 0 Å². The first kappa shape index (κ1) is 25.0. The van der Waals surface area contributed by atoms with Crippen molar-refractivity contribution in [2.24, 2.45) is 0 Å². The SMILES string of the molecule is [O-][S+](c1[c]c(Br)c(-c2cccnc2Cl)c(C(F)(C(F)(F)F)C(F)(F)F)c1)C(F)(F)F. The molecule has 1 heterocycles. The van der Waals surface area contributed by atoms with Gasteiger partial charge in [0.2, 0.25) is 0 Å². The zero-order chi connectivity index (χ0) is 23.3. The summed E-state index contributed by atoms with van der Waals surface area (Å²) < 4.78 is 143. The second-order valence-electron chi connectivity index (χ2n) is 5.45. The van der Waals surface area contributed by atoms with Crippen molar-refractivity contribution < 1.29 is 48.5 Å². The normalized spacial score (nSPS) is 14.7. The molecular formula is C15H4BrClF10NOS. The first-order valence-electron chi connectivity index (χ1n) is 7.11. The molecule has 0 bridgehead atoms. The minimum atomic E-state index is -6.66. The molecule has 0 fully saturated rings. The lowest BCUT2D eigenvalue weighted by molar-refractivity contribution is -0.348. The molecule has 1 unspecified atom stereocenters. The van der Waals surface area contributed by atoms with Crippen LogP contribution in [0.15, 0.2) is 33.8 Å². The summed E-state index contributed by atoms with van der Waals surface area (Å²) in [6.07, 6.45) is -12.3. The fourth-order valence-electron chi connectivity index (χ4n) is 2.33. The van der Waals surface area contributed by atoms with E-state index in [1.54, 1.807) is 6.07 Å². The molecule has 15 heteroatoms. The van der Waals surface area contributed by atoms with Crippen molar-refractivity contribution in [1.82, 2.24) is 4.98 Å². The molecular weight excluding hydrogens is 548 g/mol. The molecule has 0 saturated carbocycles. The number of hydrogen-bond donors (Lipinski definition) is 0. The van der Waals surface area contributed by atoms with E-state index in [2.05, 4.69) is 20.9 Å². The third-order valence-corrected chi connectivity index (χ3v) is 5.52. The van der Waals surface area contributed by atoms with E-state index in [1.165, 1.54) is 0 Å². The van der Waals surface area contributed by atoms with Crippen molar-refractivity contribution in [3.63, 3.8) is 0 Å². The van der Waals surface area contributed by atoms with Gasteiger partial charge in [0.05, 0.1) is 17.2 Å². The van der Waals surface area contributed by atoms with E-state index in [9.17, 15) is 48.5 Å². The summed E-state index contributed by atoms with van der Waals surface area (Å²) in [4.78, 5) is 1.78. The maximum atomic E-state index is 14.8. The van der Waals surface area contributed by atoms with E-state index in [0.717, 1.165) is 18.3 Å². The number of benzene rings is 1. The Morgan fingerprint density at radius 3 is 1.97 bits per heavy atom. The zero-order valence-electron chi connectivity index (χ0n) is 13.6. The van der Waals surface area contributed by atoms with Gasteiger partial charge in [0.1, 0.15) is 5.15 Å². The van der Waals surface area contributed by atoms with Gasteiger partial charge in [0.15, 0.2) is 4.90 Å². The van der Waals surface area contributed by atoms with Crippen LogP contribution in [0.1, 0.15) is 5.56 Å². The quantitative estimate of drug-likeness (QED) is 0.237. The van der Waals surface area contributed by atoms with Gasteiger partial charge in [-0.1, -0.05) is 11.6 Å². The molecule has 2 rings (SSSR count). The minimum absolute atomic E-state index is 0.450. The monoisotopic (exact) mass is 550 g/mol. The molecule has 0 spiro atoms. The lowest BCUT2D eigenvalue weighted by Crippen LogP contribution is -2.50. The summed E-state index contributed by atoms with van der Waals surface area (Å²) >= 11 is 4.06. The number of pyridine rings is 1. The summed E-state index contributed by atoms with van der Waals surface area (Å²) in [7, 11) is 0. The lowest BCUT2D eigenvalue weighted by atomic mass is 9.87. The molecule has 0 aliphatic heterocycles. The van der Waals surface area contributed by atoms with Crippen molar-refractivity contribution in [2.45, 2.75) is 28.4 Å². The Labute approximate surface area is 177 Å². The highest BCUT2D eigenvalue weighted by atomic mass is 79.9. The van der Waals surface area contributed by atoms with Crippen LogP contribution >= 0.6 is 27.5 Å². The third-order valence-electron chi connectivity index (χ3n) is 3.59. The number of rotatable bonds is 3. The fraction of sp³-hybridized carbons (Fsp3) is 0.267. The van der Waals surface area contributed by atoms with E-state index in [1.807, 2.05) is 0 Å². The van der Waals surface area contributed by atoms with Gasteiger partial charge < -0.3 is 4.55 Å². The van der Waals surface area contributed by atoms with Gasteiger partial charge in [-0.2, -0.15) is 26.3 Å². The van der Waals surface area contributed by atoms with Gasteiger partial charge in [0.25, 0.3) is 0 Å². The van der Waals surface area contributed by atoms with Gasteiger partial charge >= 0.3 is 23.5 Å². The van der Waals surface area contributed by atoms with Crippen LogP contribution in [0.25, 0.3) is 11.1 Å². The molecule has 1 atom stereocenters. The van der Waals surface area contributed by atoms with Gasteiger partial charge in [-0.3, -0.25) is 0 Å². The molecule has 2 nitrogen and oxygen atoms in total. The van der Waals surface area contributed by atoms with E-state index < -0.39 is 72.0 Å². The fourth-order valence-corrected chi connectivity index (χ4v) is 3.98. The van der Waals surface area contributed by atoms with Gasteiger partial charge in [-0.25, -0.2) is 9.37 Å². The standard InChI is InChI=1S/C15H4BrClF10NOS/c16-9-5-6(30(29)15(25,26)27)4-8(10(9)7-2-1-3-28-11(7)17)12(18,13(19,20)21)14(22,23)24/h1-4H. The topological polar surface area (TPSA) is 36.0 Å². The summed E-state index contributed by atoms with van der Waals surface area (Å²) in [5.41, 5.74) is -15.9. The maximum absolute atomic E-state index is 14.8. The summed E-state index contributed by atoms with van der Waals surface area (Å²) in [5.74, 6) is 0. The van der Waals surface area contributed by atoms with Gasteiger partial charge in [-0.05, 0) is 28.1 Å². The van der Waals surface area contributed by atoms with E-state index in [4.69, 9.17) is 11.6 Å². The highest BCUT2D eigenvalue weighted by Crippen LogP contribution is 2.57. The average Bonchev–Trinajstić information content (AvgIpc) is 2.57. The number of halogens is 12. The summed E-state index contributed by atoms with van der Waals surface area (Å²) in [6.45, 7) is 0. The molecule has 1 aromatic carbocycles. The smallest absolute Gasteiger partial charge is 0.578 e. The van der Waals surface area contributed by atoms with Crippen molar-refractivity contribution >= 4 is 38.7 Å². The molecule has 0 N–H and O–H groups in total. The second kappa shape index (κ2) is 8.02. The summed E-state index contributed by atoms with van der Waals surface area (Å²) in [6, 6.07) is 3.17. The predicted octanol–water partition coefficient (Wildman–Crippen LogP) is 6.88. The molecule has 2 aromatic rings. The number of alkyl halides is 10. The second-order valence-corrected chi connectivity index (χ2v) is 8.04. The molecule has 165 valence electrons. The zero-order valence-corrected chi connectivity index (χ0v) is 16.8. The Bertz CT molecular complexity index is 932. The van der Waals surface area contributed by atoms with Crippen LogP contribution in [0.4, 0.5) is 43.9 Å². The number of hydrogen-bond acceptors (Lipinski definition) is 2. The molecule has 0 aliphatic rings. The van der Waals surface area contributed by atoms with Crippen LogP contribution in [-0.4, -0.2) is 27.4 Å². The number of aromatic nitrogens is 1. The Balaban J connectivity index is 3.03. The van der Waals surface area contributed by atoms with Crippen LogP contribution in [0.2, 0.25) is 5.15 Å². The Kier molecular flexibility index (Phi) is 6.69. The van der Waals surface area contributed by atoms with E-state index in [-0.39, 0.29) is 0 Å². The summed E-state index contributed by atoms with van der Waals surface area (Å²) in [5, 5.41) is -0.677. The highest BCUT2D eigenvalue weighted by Gasteiger charge is 2.74. The van der Waals surface area contributed by atoms with E-state index in [0.29, 0.717) is 0 Å². The van der Waals surface area contributed by atoms with Crippen molar-refractivity contribution in [3.8, 4) is 11.1 Å². The van der Waals surface area contributed by atoms with Crippen molar-refractivity contribution in [2.75, 3.05) is 0 Å². The van der Waals surface area contributed by atoms with Gasteiger partial charge in [-0.15, -0.1) is 13.2 Å². The van der Waals surface area contributed by atoms with Crippen LogP contribution < -0.4 is 0 Å². The van der Waals surface area contributed by atoms with Crippen LogP contribution in [0.3, 0.4) is 0 Å². The molecule has 1 aromatic heterocycles. The number of nitrogens with zero attached hydrogens (tertiary/aromatic N) is 1. The molecule has 30 heavy (non-hydrogen) atoms. The Morgan fingerprint density at radius 1 is 1.00 bits per heavy atom. The molecule has 0 aliphatic carbocycles. The first-order chi connectivity index (χ1) is 13.4. The average molecular weight is 552 g/mol. The molecule has 1 radical (unpaired) electrons. The van der Waals surface area contributed by atoms with Crippen molar-refractivity contribution in [3.05, 3.63) is 45.7 Å². The van der Waals surface area contributed by atoms with Crippen molar-refractivity contribution in [1.29, 1.82) is 0 Å². The largest absolute Gasteiger partial charge is 0.604 e. The molecule has 0 saturated heterocycles. The highest BCUT2D eigenvalue weighted by molar-refractivity contribution is 9.10. The van der Waals surface area contributed by atoms with Crippen LogP contribution in [0.5, 0.6) is 0 Å². The predicted molar refractivity (Wildman–Crippen MR) is 88.6 cm³/mol. The Morgan fingerprint density at radius 2 is 1.53 bits per heavy atom. The first-order valence-corrected chi connectivity index (χ1v) is 9.43. The maximum Gasteiger partial charge on any atom is 0.578 e.